The van der Waals surface area contributed by atoms with E-state index >= 15 is 0 Å². The molecule has 0 bridgehead atoms. The van der Waals surface area contributed by atoms with E-state index in [1.165, 1.54) is 17.5 Å². The van der Waals surface area contributed by atoms with E-state index in [4.69, 9.17) is 5.73 Å². The highest BCUT2D eigenvalue weighted by Crippen LogP contribution is 2.32. The predicted octanol–water partition coefficient (Wildman–Crippen LogP) is 2.00. The molecule has 0 spiro atoms. The summed E-state index contributed by atoms with van der Waals surface area (Å²) in [6.45, 7) is 7.41. The van der Waals surface area contributed by atoms with Gasteiger partial charge in [-0.05, 0) is 30.0 Å². The van der Waals surface area contributed by atoms with Crippen LogP contribution in [-0.2, 0) is 5.41 Å². The van der Waals surface area contributed by atoms with Crippen LogP contribution >= 0.6 is 0 Å². The fourth-order valence-electron chi connectivity index (χ4n) is 2.50. The lowest BCUT2D eigenvalue weighted by atomic mass is 9.78. The first kappa shape index (κ1) is 11.6. The maximum Gasteiger partial charge on any atom is 0.00219 e. The van der Waals surface area contributed by atoms with Crippen molar-refractivity contribution in [3.63, 3.8) is 0 Å². The van der Waals surface area contributed by atoms with Crippen LogP contribution in [0.15, 0.2) is 24.3 Å². The molecule has 1 aliphatic rings. The molecule has 0 aliphatic carbocycles. The molecule has 1 aromatic carbocycles. The van der Waals surface area contributed by atoms with Crippen LogP contribution in [0.5, 0.6) is 0 Å². The summed E-state index contributed by atoms with van der Waals surface area (Å²) in [6, 6.07) is 8.77. The summed E-state index contributed by atoms with van der Waals surface area (Å²) >= 11 is 0. The predicted molar refractivity (Wildman–Crippen MR) is 68.8 cm³/mol. The zero-order valence-corrected chi connectivity index (χ0v) is 10.3. The molecule has 1 fully saturated rings. The highest BCUT2D eigenvalue weighted by molar-refractivity contribution is 5.37. The largest absolute Gasteiger partial charge is 0.330 e. The average Bonchev–Trinajstić information content (AvgIpc) is 2.82. The van der Waals surface area contributed by atoms with Crippen LogP contribution in [0.1, 0.15) is 37.3 Å². The third-order valence-electron chi connectivity index (χ3n) is 3.70. The van der Waals surface area contributed by atoms with Crippen LogP contribution in [-0.4, -0.2) is 19.6 Å². The van der Waals surface area contributed by atoms with Gasteiger partial charge in [-0.2, -0.15) is 0 Å². The minimum absolute atomic E-state index is 0.0825. The quantitative estimate of drug-likeness (QED) is 0.814. The third kappa shape index (κ3) is 2.13. The highest BCUT2D eigenvalue weighted by Gasteiger charge is 2.26. The number of rotatable bonds is 3. The normalized spacial score (nSPS) is 21.3. The Kier molecular flexibility index (Phi) is 3.31. The number of nitrogens with two attached hydrogens (primary N) is 1. The van der Waals surface area contributed by atoms with Gasteiger partial charge >= 0.3 is 0 Å². The van der Waals surface area contributed by atoms with E-state index in [2.05, 4.69) is 43.4 Å². The highest BCUT2D eigenvalue weighted by atomic mass is 14.9. The Balaban J connectivity index is 2.37. The SMILES string of the molecule is CC(C)(CN)c1ccccc1C1CCNC1. The average molecular weight is 218 g/mol. The minimum atomic E-state index is 0.0825. The molecule has 0 aromatic heterocycles. The van der Waals surface area contributed by atoms with Gasteiger partial charge in [-0.3, -0.25) is 0 Å². The number of hydrogen-bond donors (Lipinski definition) is 2. The molecule has 1 atom stereocenters. The van der Waals surface area contributed by atoms with Crippen molar-refractivity contribution in [1.29, 1.82) is 0 Å². The minimum Gasteiger partial charge on any atom is -0.330 e. The Morgan fingerprint density at radius 1 is 1.38 bits per heavy atom. The van der Waals surface area contributed by atoms with Crippen LogP contribution in [0.25, 0.3) is 0 Å². The Morgan fingerprint density at radius 3 is 2.75 bits per heavy atom. The zero-order chi connectivity index (χ0) is 11.6. The van der Waals surface area contributed by atoms with Gasteiger partial charge in [-0.25, -0.2) is 0 Å². The van der Waals surface area contributed by atoms with E-state index in [0.717, 1.165) is 13.1 Å². The topological polar surface area (TPSA) is 38.0 Å². The van der Waals surface area contributed by atoms with Crippen LogP contribution in [0.2, 0.25) is 0 Å². The maximum absolute atomic E-state index is 5.89. The van der Waals surface area contributed by atoms with Gasteiger partial charge < -0.3 is 11.1 Å². The second-order valence-electron chi connectivity index (χ2n) is 5.36. The van der Waals surface area contributed by atoms with Crippen molar-refractivity contribution in [3.8, 4) is 0 Å². The van der Waals surface area contributed by atoms with Crippen LogP contribution < -0.4 is 11.1 Å². The van der Waals surface area contributed by atoms with E-state index in [0.29, 0.717) is 12.5 Å². The molecule has 88 valence electrons. The van der Waals surface area contributed by atoms with Crippen molar-refractivity contribution in [3.05, 3.63) is 35.4 Å². The molecular weight excluding hydrogens is 196 g/mol. The van der Waals surface area contributed by atoms with Gasteiger partial charge in [0, 0.05) is 18.5 Å². The molecule has 1 heterocycles. The molecule has 3 N–H and O–H groups in total. The Morgan fingerprint density at radius 2 is 2.12 bits per heavy atom. The lowest BCUT2D eigenvalue weighted by Gasteiger charge is -2.28. The van der Waals surface area contributed by atoms with Gasteiger partial charge in [0.1, 0.15) is 0 Å². The molecule has 16 heavy (non-hydrogen) atoms. The summed E-state index contributed by atoms with van der Waals surface area (Å²) in [4.78, 5) is 0. The summed E-state index contributed by atoms with van der Waals surface area (Å²) in [5, 5.41) is 3.44. The number of benzene rings is 1. The first-order chi connectivity index (χ1) is 7.65. The summed E-state index contributed by atoms with van der Waals surface area (Å²) < 4.78 is 0. The van der Waals surface area contributed by atoms with E-state index in [1.54, 1.807) is 0 Å². The molecule has 0 amide bonds. The Labute approximate surface area is 98.2 Å². The second kappa shape index (κ2) is 4.56. The van der Waals surface area contributed by atoms with Crippen molar-refractivity contribution in [2.75, 3.05) is 19.6 Å². The monoisotopic (exact) mass is 218 g/mol. The van der Waals surface area contributed by atoms with E-state index in [-0.39, 0.29) is 5.41 Å². The molecule has 1 aliphatic heterocycles. The van der Waals surface area contributed by atoms with Crippen molar-refractivity contribution >= 4 is 0 Å². The number of hydrogen-bond acceptors (Lipinski definition) is 2. The van der Waals surface area contributed by atoms with Crippen LogP contribution in [0.4, 0.5) is 0 Å². The Bertz CT molecular complexity index is 352. The van der Waals surface area contributed by atoms with Crippen molar-refractivity contribution in [1.82, 2.24) is 5.32 Å². The summed E-state index contributed by atoms with van der Waals surface area (Å²) in [5.74, 6) is 0.669. The summed E-state index contributed by atoms with van der Waals surface area (Å²) in [5.41, 5.74) is 8.88. The molecule has 1 saturated heterocycles. The van der Waals surface area contributed by atoms with E-state index in [1.807, 2.05) is 0 Å². The molecule has 1 unspecified atom stereocenters. The molecule has 0 radical (unpaired) electrons. The van der Waals surface area contributed by atoms with Crippen molar-refractivity contribution in [2.24, 2.45) is 5.73 Å². The Hall–Kier alpha value is -0.860. The van der Waals surface area contributed by atoms with Gasteiger partial charge in [0.15, 0.2) is 0 Å². The molecule has 1 aromatic rings. The van der Waals surface area contributed by atoms with Gasteiger partial charge in [-0.15, -0.1) is 0 Å². The van der Waals surface area contributed by atoms with Crippen LogP contribution in [0.3, 0.4) is 0 Å². The zero-order valence-electron chi connectivity index (χ0n) is 10.3. The molecule has 2 rings (SSSR count). The standard InChI is InChI=1S/C14H22N2/c1-14(2,10-15)13-6-4-3-5-12(13)11-7-8-16-9-11/h3-6,11,16H,7-10,15H2,1-2H3. The fraction of sp³-hybridized carbons (Fsp3) is 0.571. The van der Waals surface area contributed by atoms with E-state index < -0.39 is 0 Å². The fourth-order valence-corrected chi connectivity index (χ4v) is 2.50. The third-order valence-corrected chi connectivity index (χ3v) is 3.70. The molecule has 2 heteroatoms. The molecule has 0 saturated carbocycles. The molecule has 2 nitrogen and oxygen atoms in total. The summed E-state index contributed by atoms with van der Waals surface area (Å²) in [6.07, 6.45) is 1.25. The maximum atomic E-state index is 5.89. The summed E-state index contributed by atoms with van der Waals surface area (Å²) in [7, 11) is 0. The van der Waals surface area contributed by atoms with Gasteiger partial charge in [-0.1, -0.05) is 38.1 Å². The van der Waals surface area contributed by atoms with Crippen molar-refractivity contribution in [2.45, 2.75) is 31.6 Å². The first-order valence-electron chi connectivity index (χ1n) is 6.15. The van der Waals surface area contributed by atoms with E-state index in [9.17, 15) is 0 Å². The van der Waals surface area contributed by atoms with Crippen LogP contribution in [0, 0.1) is 0 Å². The van der Waals surface area contributed by atoms with Gasteiger partial charge in [0.05, 0.1) is 0 Å². The van der Waals surface area contributed by atoms with Gasteiger partial charge in [0.2, 0.25) is 0 Å². The second-order valence-corrected chi connectivity index (χ2v) is 5.36. The molecular formula is C14H22N2. The number of nitrogens with one attached hydrogen (secondary N) is 1. The lowest BCUT2D eigenvalue weighted by Crippen LogP contribution is -2.30. The van der Waals surface area contributed by atoms with Crippen molar-refractivity contribution < 1.29 is 0 Å². The lowest BCUT2D eigenvalue weighted by molar-refractivity contribution is 0.527. The first-order valence-corrected chi connectivity index (χ1v) is 6.15. The van der Waals surface area contributed by atoms with Gasteiger partial charge in [0.25, 0.3) is 0 Å². The smallest absolute Gasteiger partial charge is 0.00219 e.